The number of nitrogens with zero attached hydrogens (tertiary/aromatic N) is 3. The summed E-state index contributed by atoms with van der Waals surface area (Å²) < 4.78 is 14.3. The highest BCUT2D eigenvalue weighted by Gasteiger charge is 2.13. The van der Waals surface area contributed by atoms with Crippen molar-refractivity contribution in [1.82, 2.24) is 9.97 Å². The first-order chi connectivity index (χ1) is 11.0. The Morgan fingerprint density at radius 1 is 1.13 bits per heavy atom. The molecule has 0 fully saturated rings. The molecule has 3 rings (SSSR count). The monoisotopic (exact) mass is 309 g/mol. The molecule has 0 unspecified atom stereocenters. The molecule has 0 aliphatic carbocycles. The Balaban J connectivity index is 2.51. The summed E-state index contributed by atoms with van der Waals surface area (Å²) in [4.78, 5) is 13.1. The van der Waals surface area contributed by atoms with E-state index in [2.05, 4.69) is 15.0 Å². The van der Waals surface area contributed by atoms with Crippen molar-refractivity contribution in [2.75, 3.05) is 7.05 Å². The van der Waals surface area contributed by atoms with E-state index in [1.165, 1.54) is 12.1 Å². The summed E-state index contributed by atoms with van der Waals surface area (Å²) in [5.74, 6) is -0.630. The van der Waals surface area contributed by atoms with Gasteiger partial charge in [-0.25, -0.2) is 9.37 Å². The van der Waals surface area contributed by atoms with Gasteiger partial charge in [0.05, 0.1) is 22.8 Å². The SMILES string of the molecule is CN=c1c(C)c(C)c(-c2ccc(O)cc2F)nc2cnccc12. The molecule has 1 N–H and O–H groups in total. The Labute approximate surface area is 133 Å². The van der Waals surface area contributed by atoms with Crippen molar-refractivity contribution in [2.45, 2.75) is 13.8 Å². The number of aromatic nitrogens is 2. The Morgan fingerprint density at radius 3 is 2.61 bits per heavy atom. The van der Waals surface area contributed by atoms with E-state index in [1.807, 2.05) is 19.9 Å². The van der Waals surface area contributed by atoms with Crippen molar-refractivity contribution in [2.24, 2.45) is 4.99 Å². The third-order valence-electron chi connectivity index (χ3n) is 3.99. The van der Waals surface area contributed by atoms with Gasteiger partial charge >= 0.3 is 0 Å². The van der Waals surface area contributed by atoms with Crippen LogP contribution in [0.1, 0.15) is 11.1 Å². The van der Waals surface area contributed by atoms with Gasteiger partial charge in [0, 0.05) is 30.3 Å². The summed E-state index contributed by atoms with van der Waals surface area (Å²) in [6, 6.07) is 5.93. The largest absolute Gasteiger partial charge is 0.508 e. The van der Waals surface area contributed by atoms with Crippen LogP contribution in [0.15, 0.2) is 41.7 Å². The molecule has 2 heterocycles. The van der Waals surface area contributed by atoms with Gasteiger partial charge in [-0.3, -0.25) is 9.98 Å². The van der Waals surface area contributed by atoms with E-state index >= 15 is 0 Å². The summed E-state index contributed by atoms with van der Waals surface area (Å²) >= 11 is 0. The Hall–Kier alpha value is -2.82. The molecule has 0 amide bonds. The lowest BCUT2D eigenvalue weighted by Gasteiger charge is -2.06. The van der Waals surface area contributed by atoms with Crippen LogP contribution in [0.2, 0.25) is 0 Å². The predicted molar refractivity (Wildman–Crippen MR) is 87.6 cm³/mol. The van der Waals surface area contributed by atoms with E-state index in [1.54, 1.807) is 19.4 Å². The van der Waals surface area contributed by atoms with Crippen molar-refractivity contribution >= 4 is 10.9 Å². The second kappa shape index (κ2) is 5.76. The smallest absolute Gasteiger partial charge is 0.136 e. The maximum Gasteiger partial charge on any atom is 0.136 e. The number of hydrogen-bond donors (Lipinski definition) is 1. The molecular formula is C18H16FN3O. The molecule has 116 valence electrons. The van der Waals surface area contributed by atoms with Crippen molar-refractivity contribution in [1.29, 1.82) is 0 Å². The van der Waals surface area contributed by atoms with Gasteiger partial charge in [0.2, 0.25) is 0 Å². The lowest BCUT2D eigenvalue weighted by atomic mass is 10.0. The Bertz CT molecular complexity index is 984. The van der Waals surface area contributed by atoms with Crippen molar-refractivity contribution in [3.63, 3.8) is 0 Å². The molecule has 0 spiro atoms. The normalized spacial score (nSPS) is 11.9. The van der Waals surface area contributed by atoms with Crippen LogP contribution in [0.3, 0.4) is 0 Å². The van der Waals surface area contributed by atoms with Gasteiger partial charge in [-0.15, -0.1) is 0 Å². The van der Waals surface area contributed by atoms with Crippen LogP contribution < -0.4 is 5.36 Å². The van der Waals surface area contributed by atoms with E-state index in [-0.39, 0.29) is 5.75 Å². The molecule has 0 radical (unpaired) electrons. The van der Waals surface area contributed by atoms with Crippen molar-refractivity contribution < 1.29 is 9.50 Å². The van der Waals surface area contributed by atoms with Crippen LogP contribution in [0.25, 0.3) is 22.2 Å². The molecule has 2 aromatic heterocycles. The first kappa shape index (κ1) is 15.1. The Morgan fingerprint density at radius 2 is 1.91 bits per heavy atom. The van der Waals surface area contributed by atoms with Crippen LogP contribution in [0.5, 0.6) is 5.75 Å². The van der Waals surface area contributed by atoms with Gasteiger partial charge < -0.3 is 5.11 Å². The predicted octanol–water partition coefficient (Wildman–Crippen LogP) is 3.29. The second-order valence-corrected chi connectivity index (χ2v) is 5.34. The van der Waals surface area contributed by atoms with Crippen LogP contribution >= 0.6 is 0 Å². The summed E-state index contributed by atoms with van der Waals surface area (Å²) in [5.41, 5.74) is 3.28. The number of benzene rings is 1. The van der Waals surface area contributed by atoms with Gasteiger partial charge in [-0.2, -0.15) is 0 Å². The van der Waals surface area contributed by atoms with Crippen molar-refractivity contribution in [3.05, 3.63) is 59.0 Å². The molecule has 0 aliphatic heterocycles. The lowest BCUT2D eigenvalue weighted by molar-refractivity contribution is 0.469. The van der Waals surface area contributed by atoms with Crippen LogP contribution in [-0.2, 0) is 0 Å². The average molecular weight is 309 g/mol. The van der Waals surface area contributed by atoms with Crippen LogP contribution in [0, 0.1) is 19.7 Å². The molecule has 3 aromatic rings. The third-order valence-corrected chi connectivity index (χ3v) is 3.99. The van der Waals surface area contributed by atoms with Crippen LogP contribution in [-0.4, -0.2) is 22.1 Å². The molecule has 4 nitrogen and oxygen atoms in total. The topological polar surface area (TPSA) is 58.4 Å². The molecule has 0 aliphatic rings. The molecule has 0 bridgehead atoms. The highest BCUT2D eigenvalue weighted by molar-refractivity contribution is 5.80. The fourth-order valence-corrected chi connectivity index (χ4v) is 2.68. The number of phenolic OH excluding ortho intramolecular Hbond substituents is 1. The van der Waals surface area contributed by atoms with E-state index in [0.717, 1.165) is 27.9 Å². The number of pyridine rings is 1. The van der Waals surface area contributed by atoms with Gasteiger partial charge in [-0.05, 0) is 43.2 Å². The average Bonchev–Trinajstić information content (AvgIpc) is 2.64. The van der Waals surface area contributed by atoms with E-state index < -0.39 is 5.82 Å². The first-order valence-electron chi connectivity index (χ1n) is 7.20. The third kappa shape index (κ3) is 2.54. The molecule has 1 aromatic carbocycles. The number of fused-ring (bicyclic) bond motifs is 1. The fourth-order valence-electron chi connectivity index (χ4n) is 2.68. The summed E-state index contributed by atoms with van der Waals surface area (Å²) in [6.45, 7) is 3.84. The van der Waals surface area contributed by atoms with E-state index in [0.29, 0.717) is 16.8 Å². The fraction of sp³-hybridized carbons (Fsp3) is 0.167. The highest BCUT2D eigenvalue weighted by atomic mass is 19.1. The van der Waals surface area contributed by atoms with Crippen molar-refractivity contribution in [3.8, 4) is 17.0 Å². The van der Waals surface area contributed by atoms with E-state index in [4.69, 9.17) is 0 Å². The number of rotatable bonds is 1. The van der Waals surface area contributed by atoms with Gasteiger partial charge in [0.15, 0.2) is 0 Å². The van der Waals surface area contributed by atoms with Gasteiger partial charge in [0.25, 0.3) is 0 Å². The molecule has 5 heteroatoms. The number of phenols is 1. The van der Waals surface area contributed by atoms with Gasteiger partial charge in [0.1, 0.15) is 11.6 Å². The minimum absolute atomic E-state index is 0.114. The molecule has 0 atom stereocenters. The molecule has 0 saturated heterocycles. The summed E-state index contributed by atoms with van der Waals surface area (Å²) in [6.07, 6.45) is 3.33. The highest BCUT2D eigenvalue weighted by Crippen LogP contribution is 2.28. The zero-order chi connectivity index (χ0) is 16.6. The zero-order valence-electron chi connectivity index (χ0n) is 13.1. The molecule has 0 saturated carbocycles. The van der Waals surface area contributed by atoms with E-state index in [9.17, 15) is 9.50 Å². The summed E-state index contributed by atoms with van der Waals surface area (Å²) in [5, 5.41) is 11.1. The maximum atomic E-state index is 14.3. The number of halogens is 1. The quantitative estimate of drug-likeness (QED) is 0.750. The maximum absolute atomic E-state index is 14.3. The minimum Gasteiger partial charge on any atom is -0.508 e. The van der Waals surface area contributed by atoms with Gasteiger partial charge in [-0.1, -0.05) is 0 Å². The Kier molecular flexibility index (Phi) is 3.78. The second-order valence-electron chi connectivity index (χ2n) is 5.34. The lowest BCUT2D eigenvalue weighted by Crippen LogP contribution is -2.06. The minimum atomic E-state index is -0.516. The van der Waals surface area contributed by atoms with Crippen LogP contribution in [0.4, 0.5) is 4.39 Å². The first-order valence-corrected chi connectivity index (χ1v) is 7.20. The zero-order valence-corrected chi connectivity index (χ0v) is 13.1. The number of hydrogen-bond acceptors (Lipinski definition) is 4. The molecule has 23 heavy (non-hydrogen) atoms. The molecular weight excluding hydrogens is 293 g/mol. The standard InChI is InChI=1S/C18H16FN3O/c1-10-11(2)18(13-5-4-12(23)8-15(13)19)22-16-9-21-7-6-14(16)17(10)20-3/h4-9,23H,1-3H3. The summed E-state index contributed by atoms with van der Waals surface area (Å²) in [7, 11) is 1.72. The number of aromatic hydroxyl groups is 1.